The number of nitro groups is 1. The third kappa shape index (κ3) is 158. The van der Waals surface area contributed by atoms with Crippen LogP contribution in [0.2, 0.25) is 0 Å². The van der Waals surface area contributed by atoms with E-state index in [0.717, 1.165) is 7.05 Å². The van der Waals surface area contributed by atoms with Gasteiger partial charge in [0.15, 0.2) is 7.05 Å². The van der Waals surface area contributed by atoms with E-state index in [1.807, 2.05) is 0 Å². The fourth-order valence-electron chi connectivity index (χ4n) is 0. The normalized spacial score (nSPS) is 5.00. The summed E-state index contributed by atoms with van der Waals surface area (Å²) in [7, 11) is 0.889. The predicted molar refractivity (Wildman–Crippen MR) is 18.7 cm³/mol. The first kappa shape index (κ1) is 9.04. The molecule has 3 nitrogen and oxygen atoms in total. The first-order valence-electron chi connectivity index (χ1n) is 0.812. The first-order chi connectivity index (χ1) is 1.73. The average Bonchev–Trinajstić information content (AvgIpc) is 0.811. The zero-order valence-electron chi connectivity index (χ0n) is 3.26. The largest absolute Gasteiger partial charge is 0.265 e. The van der Waals surface area contributed by atoms with Crippen LogP contribution in [-0.4, -0.2) is 41.5 Å². The van der Waals surface area contributed by atoms with Crippen molar-refractivity contribution in [3.05, 3.63) is 10.1 Å². The quantitative estimate of drug-likeness (QED) is 0.226. The Balaban J connectivity index is 0. The van der Waals surface area contributed by atoms with Crippen LogP contribution in [0.3, 0.4) is 0 Å². The van der Waals surface area contributed by atoms with Crippen molar-refractivity contribution in [3.63, 3.8) is 0 Å². The monoisotopic (exact) mass is 84.0 g/mol. The summed E-state index contributed by atoms with van der Waals surface area (Å²) in [5.41, 5.74) is 0. The molecule has 0 N–H and O–H groups in total. The van der Waals surface area contributed by atoms with Crippen molar-refractivity contribution < 1.29 is 4.92 Å². The minimum Gasteiger partial charge on any atom is -0.265 e. The topological polar surface area (TPSA) is 43.1 Å². The second-order valence-electron chi connectivity index (χ2n) is 0.440. The SMILES string of the molecule is C[N+](=O)[O-].[Na]. The molecule has 0 aliphatic rings. The Morgan fingerprint density at radius 3 is 1.80 bits per heavy atom. The number of hydrogen-bond acceptors (Lipinski definition) is 2. The first-order valence-corrected chi connectivity index (χ1v) is 0.812. The van der Waals surface area contributed by atoms with Crippen LogP contribution < -0.4 is 0 Å². The molecule has 0 saturated heterocycles. The van der Waals surface area contributed by atoms with Gasteiger partial charge in [0.2, 0.25) is 0 Å². The standard InChI is InChI=1S/CH3NO2.Na/c1-2(3)4;/h1H3;. The molecule has 0 aromatic heterocycles. The van der Waals surface area contributed by atoms with Crippen LogP contribution in [0, 0.1) is 10.1 Å². The van der Waals surface area contributed by atoms with Gasteiger partial charge in [0, 0.05) is 34.5 Å². The number of nitrogens with zero attached hydrogens (tertiary/aromatic N) is 1. The molecule has 0 aliphatic heterocycles. The summed E-state index contributed by atoms with van der Waals surface area (Å²) in [6, 6.07) is 0. The molecule has 0 saturated carbocycles. The zero-order valence-corrected chi connectivity index (χ0v) is 5.26. The summed E-state index contributed by atoms with van der Waals surface area (Å²) in [5, 5.41) is 8.81. The summed E-state index contributed by atoms with van der Waals surface area (Å²) in [4.78, 5) is 8.31. The molecule has 0 rings (SSSR count). The molecule has 4 heteroatoms. The van der Waals surface area contributed by atoms with Gasteiger partial charge in [-0.05, 0) is 0 Å². The smallest absolute Gasteiger partial charge is 0.194 e. The minimum atomic E-state index is -0.500. The fourth-order valence-corrected chi connectivity index (χ4v) is 0. The van der Waals surface area contributed by atoms with Crippen LogP contribution in [0.1, 0.15) is 0 Å². The van der Waals surface area contributed by atoms with E-state index in [1.165, 1.54) is 0 Å². The van der Waals surface area contributed by atoms with Gasteiger partial charge in [-0.3, -0.25) is 10.1 Å². The molecule has 5 heavy (non-hydrogen) atoms. The molecule has 0 unspecified atom stereocenters. The summed E-state index contributed by atoms with van der Waals surface area (Å²) in [6.45, 7) is 0. The van der Waals surface area contributed by atoms with Gasteiger partial charge in [-0.2, -0.15) is 0 Å². The van der Waals surface area contributed by atoms with Gasteiger partial charge in [0.1, 0.15) is 0 Å². The van der Waals surface area contributed by atoms with Crippen LogP contribution in [0.25, 0.3) is 0 Å². The van der Waals surface area contributed by atoms with E-state index in [1.54, 1.807) is 0 Å². The van der Waals surface area contributed by atoms with E-state index in [0.29, 0.717) is 0 Å². The molecule has 0 aliphatic carbocycles. The van der Waals surface area contributed by atoms with Crippen LogP contribution in [0.15, 0.2) is 0 Å². The summed E-state index contributed by atoms with van der Waals surface area (Å²) < 4.78 is 0. The van der Waals surface area contributed by atoms with E-state index < -0.39 is 4.92 Å². The summed E-state index contributed by atoms with van der Waals surface area (Å²) in [6.07, 6.45) is 0. The van der Waals surface area contributed by atoms with Crippen molar-refractivity contribution in [1.29, 1.82) is 0 Å². The maximum absolute atomic E-state index is 8.81. The van der Waals surface area contributed by atoms with Crippen molar-refractivity contribution >= 4 is 29.6 Å². The van der Waals surface area contributed by atoms with Crippen molar-refractivity contribution in [1.82, 2.24) is 0 Å². The Morgan fingerprint density at radius 1 is 1.80 bits per heavy atom. The third-order valence-corrected chi connectivity index (χ3v) is 0. The fraction of sp³-hybridized carbons (Fsp3) is 1.00. The molecule has 0 atom stereocenters. The van der Waals surface area contributed by atoms with Gasteiger partial charge in [-0.15, -0.1) is 0 Å². The van der Waals surface area contributed by atoms with Crippen LogP contribution >= 0.6 is 0 Å². The van der Waals surface area contributed by atoms with E-state index in [4.69, 9.17) is 10.1 Å². The Hall–Kier alpha value is 0.400. The molecule has 0 heterocycles. The van der Waals surface area contributed by atoms with Crippen LogP contribution in [0.5, 0.6) is 0 Å². The Kier molecular flexibility index (Phi) is 7.96. The molecular formula is CH3NNaO2. The van der Waals surface area contributed by atoms with Gasteiger partial charge in [0.25, 0.3) is 0 Å². The average molecular weight is 84.0 g/mol. The molecule has 1 radical (unpaired) electrons. The minimum absolute atomic E-state index is 0. The predicted octanol–water partition coefficient (Wildman–Crippen LogP) is -0.488. The van der Waals surface area contributed by atoms with Gasteiger partial charge in [-0.25, -0.2) is 0 Å². The van der Waals surface area contributed by atoms with E-state index in [-0.39, 0.29) is 29.6 Å². The van der Waals surface area contributed by atoms with Crippen molar-refractivity contribution in [2.45, 2.75) is 0 Å². The Bertz CT molecular complexity index is 32.6. The molecule has 0 amide bonds. The molecule has 0 aromatic carbocycles. The van der Waals surface area contributed by atoms with Gasteiger partial charge >= 0.3 is 0 Å². The van der Waals surface area contributed by atoms with Crippen molar-refractivity contribution in [3.8, 4) is 0 Å². The van der Waals surface area contributed by atoms with Crippen LogP contribution in [0.4, 0.5) is 0 Å². The third-order valence-electron chi connectivity index (χ3n) is 0. The van der Waals surface area contributed by atoms with Gasteiger partial charge in [-0.1, -0.05) is 0 Å². The van der Waals surface area contributed by atoms with Crippen LogP contribution in [-0.2, 0) is 0 Å². The molecule has 0 bridgehead atoms. The Labute approximate surface area is 51.8 Å². The van der Waals surface area contributed by atoms with Crippen molar-refractivity contribution in [2.75, 3.05) is 7.05 Å². The summed E-state index contributed by atoms with van der Waals surface area (Å²) in [5.74, 6) is 0. The maximum Gasteiger partial charge on any atom is 0.194 e. The second kappa shape index (κ2) is 4.40. The number of hydrogen-bond donors (Lipinski definition) is 0. The number of rotatable bonds is 0. The van der Waals surface area contributed by atoms with E-state index in [9.17, 15) is 0 Å². The second-order valence-corrected chi connectivity index (χ2v) is 0.440. The van der Waals surface area contributed by atoms with Gasteiger partial charge in [0.05, 0.1) is 0 Å². The zero-order chi connectivity index (χ0) is 3.58. The summed E-state index contributed by atoms with van der Waals surface area (Å²) >= 11 is 0. The molecule has 0 aromatic rings. The van der Waals surface area contributed by atoms with Crippen molar-refractivity contribution in [2.24, 2.45) is 0 Å². The van der Waals surface area contributed by atoms with E-state index in [2.05, 4.69) is 0 Å². The Morgan fingerprint density at radius 2 is 1.80 bits per heavy atom. The molecule has 0 fully saturated rings. The van der Waals surface area contributed by atoms with Gasteiger partial charge < -0.3 is 0 Å². The molecular weight excluding hydrogens is 81.0 g/mol. The molecule has 0 spiro atoms. The molecule has 25 valence electrons. The van der Waals surface area contributed by atoms with E-state index >= 15 is 0 Å². The maximum atomic E-state index is 8.81.